The van der Waals surface area contributed by atoms with E-state index in [1.54, 1.807) is 18.2 Å². The number of nitrogens with two attached hydrogens (primary N) is 1. The van der Waals surface area contributed by atoms with Crippen LogP contribution in [0.1, 0.15) is 17.3 Å². The number of hydrogen-bond acceptors (Lipinski definition) is 3. The molecule has 0 fully saturated rings. The first-order chi connectivity index (χ1) is 10.0. The standard InChI is InChI=1S/C15H15Br2N3O/c1-2-19-15(21)11-5-4-10(18)8-14(11)20-13-6-3-9(16)7-12(13)17/h3-8,20H,2,18H2,1H3,(H,19,21). The molecule has 0 bridgehead atoms. The Morgan fingerprint density at radius 2 is 1.90 bits per heavy atom. The average molecular weight is 413 g/mol. The summed E-state index contributed by atoms with van der Waals surface area (Å²) >= 11 is 6.90. The van der Waals surface area contributed by atoms with Crippen molar-refractivity contribution in [3.63, 3.8) is 0 Å². The average Bonchev–Trinajstić information content (AvgIpc) is 2.42. The second-order valence-electron chi connectivity index (χ2n) is 4.41. The lowest BCUT2D eigenvalue weighted by atomic mass is 10.1. The highest BCUT2D eigenvalue weighted by atomic mass is 79.9. The predicted octanol–water partition coefficient (Wildman–Crippen LogP) is 4.29. The summed E-state index contributed by atoms with van der Waals surface area (Å²) in [7, 11) is 0. The van der Waals surface area contributed by atoms with Crippen molar-refractivity contribution in [2.45, 2.75) is 6.92 Å². The number of anilines is 3. The van der Waals surface area contributed by atoms with Crippen LogP contribution in [0.4, 0.5) is 17.1 Å². The summed E-state index contributed by atoms with van der Waals surface area (Å²) in [5.74, 6) is -0.131. The zero-order chi connectivity index (χ0) is 15.4. The van der Waals surface area contributed by atoms with Crippen molar-refractivity contribution in [2.24, 2.45) is 0 Å². The third-order valence-electron chi connectivity index (χ3n) is 2.83. The number of amides is 1. The molecule has 110 valence electrons. The van der Waals surface area contributed by atoms with E-state index >= 15 is 0 Å². The maximum atomic E-state index is 12.1. The molecule has 4 nitrogen and oxygen atoms in total. The SMILES string of the molecule is CCNC(=O)c1ccc(N)cc1Nc1ccc(Br)cc1Br. The lowest BCUT2D eigenvalue weighted by Gasteiger charge is -2.14. The van der Waals surface area contributed by atoms with Gasteiger partial charge in [-0.25, -0.2) is 0 Å². The number of carbonyl (C=O) groups is 1. The number of benzene rings is 2. The Kier molecular flexibility index (Phi) is 5.25. The van der Waals surface area contributed by atoms with Gasteiger partial charge in [0, 0.05) is 21.2 Å². The molecule has 0 radical (unpaired) electrons. The van der Waals surface area contributed by atoms with Gasteiger partial charge in [0.15, 0.2) is 0 Å². The van der Waals surface area contributed by atoms with Crippen LogP contribution in [-0.2, 0) is 0 Å². The van der Waals surface area contributed by atoms with Crippen LogP contribution < -0.4 is 16.4 Å². The minimum absolute atomic E-state index is 0.131. The van der Waals surface area contributed by atoms with Gasteiger partial charge in [-0.1, -0.05) is 15.9 Å². The maximum absolute atomic E-state index is 12.1. The largest absolute Gasteiger partial charge is 0.399 e. The first-order valence-corrected chi connectivity index (χ1v) is 7.99. The summed E-state index contributed by atoms with van der Waals surface area (Å²) in [6, 6.07) is 10.9. The molecule has 4 N–H and O–H groups in total. The molecule has 0 aliphatic rings. The van der Waals surface area contributed by atoms with E-state index in [1.807, 2.05) is 25.1 Å². The van der Waals surface area contributed by atoms with Gasteiger partial charge in [0.25, 0.3) is 5.91 Å². The Bertz CT molecular complexity index is 674. The maximum Gasteiger partial charge on any atom is 0.253 e. The van der Waals surface area contributed by atoms with Crippen LogP contribution in [0.25, 0.3) is 0 Å². The van der Waals surface area contributed by atoms with Gasteiger partial charge in [-0.15, -0.1) is 0 Å². The van der Waals surface area contributed by atoms with Crippen molar-refractivity contribution in [1.82, 2.24) is 5.32 Å². The number of nitrogens with one attached hydrogen (secondary N) is 2. The van der Waals surface area contributed by atoms with Gasteiger partial charge in [0.2, 0.25) is 0 Å². The van der Waals surface area contributed by atoms with E-state index in [9.17, 15) is 4.79 Å². The number of carbonyl (C=O) groups excluding carboxylic acids is 1. The van der Waals surface area contributed by atoms with E-state index in [0.717, 1.165) is 14.6 Å². The first-order valence-electron chi connectivity index (χ1n) is 6.41. The normalized spacial score (nSPS) is 10.2. The zero-order valence-electron chi connectivity index (χ0n) is 11.4. The van der Waals surface area contributed by atoms with E-state index in [4.69, 9.17) is 5.73 Å². The minimum Gasteiger partial charge on any atom is -0.399 e. The fraction of sp³-hybridized carbons (Fsp3) is 0.133. The van der Waals surface area contributed by atoms with Crippen LogP contribution in [0, 0.1) is 0 Å². The monoisotopic (exact) mass is 411 g/mol. The van der Waals surface area contributed by atoms with Crippen LogP contribution in [0.3, 0.4) is 0 Å². The molecule has 21 heavy (non-hydrogen) atoms. The van der Waals surface area contributed by atoms with Crippen molar-refractivity contribution >= 4 is 54.8 Å². The van der Waals surface area contributed by atoms with E-state index in [-0.39, 0.29) is 5.91 Å². The van der Waals surface area contributed by atoms with Crippen molar-refractivity contribution in [1.29, 1.82) is 0 Å². The van der Waals surface area contributed by atoms with Crippen LogP contribution in [0.5, 0.6) is 0 Å². The first kappa shape index (κ1) is 15.9. The lowest BCUT2D eigenvalue weighted by Crippen LogP contribution is -2.23. The van der Waals surface area contributed by atoms with Gasteiger partial charge in [-0.3, -0.25) is 4.79 Å². The minimum atomic E-state index is -0.131. The fourth-order valence-electron chi connectivity index (χ4n) is 1.86. The molecule has 0 spiro atoms. The molecule has 0 aromatic heterocycles. The Hall–Kier alpha value is -1.53. The number of hydrogen-bond donors (Lipinski definition) is 3. The fourth-order valence-corrected chi connectivity index (χ4v) is 3.00. The summed E-state index contributed by atoms with van der Waals surface area (Å²) in [6.45, 7) is 2.46. The van der Waals surface area contributed by atoms with Crippen LogP contribution in [-0.4, -0.2) is 12.5 Å². The zero-order valence-corrected chi connectivity index (χ0v) is 14.6. The molecule has 0 atom stereocenters. The van der Waals surface area contributed by atoms with Crippen LogP contribution in [0.2, 0.25) is 0 Å². The molecule has 0 aliphatic heterocycles. The summed E-state index contributed by atoms with van der Waals surface area (Å²) in [4.78, 5) is 12.1. The molecule has 1 amide bonds. The highest BCUT2D eigenvalue weighted by molar-refractivity contribution is 9.11. The molecule has 2 rings (SSSR count). The number of halogens is 2. The molecule has 0 unspecified atom stereocenters. The molecular weight excluding hydrogens is 398 g/mol. The lowest BCUT2D eigenvalue weighted by molar-refractivity contribution is 0.0956. The quantitative estimate of drug-likeness (QED) is 0.656. The third-order valence-corrected chi connectivity index (χ3v) is 3.98. The van der Waals surface area contributed by atoms with Crippen molar-refractivity contribution in [2.75, 3.05) is 17.6 Å². The topological polar surface area (TPSA) is 67.2 Å². The Balaban J connectivity index is 2.38. The third kappa shape index (κ3) is 3.98. The Labute approximate surface area is 140 Å². The van der Waals surface area contributed by atoms with E-state index < -0.39 is 0 Å². The van der Waals surface area contributed by atoms with Crippen molar-refractivity contribution in [3.8, 4) is 0 Å². The van der Waals surface area contributed by atoms with E-state index in [2.05, 4.69) is 42.5 Å². The summed E-state index contributed by atoms with van der Waals surface area (Å²) in [6.07, 6.45) is 0. The molecule has 0 aliphatic carbocycles. The Morgan fingerprint density at radius 1 is 1.14 bits per heavy atom. The highest BCUT2D eigenvalue weighted by Crippen LogP contribution is 2.31. The van der Waals surface area contributed by atoms with Crippen molar-refractivity contribution < 1.29 is 4.79 Å². The number of nitrogen functional groups attached to an aromatic ring is 1. The van der Waals surface area contributed by atoms with E-state index in [1.165, 1.54) is 0 Å². The molecule has 2 aromatic rings. The molecule has 0 saturated heterocycles. The van der Waals surface area contributed by atoms with Crippen LogP contribution in [0.15, 0.2) is 45.3 Å². The predicted molar refractivity (Wildman–Crippen MR) is 94.0 cm³/mol. The molecular formula is C15H15Br2N3O. The second kappa shape index (κ2) is 6.95. The van der Waals surface area contributed by atoms with Gasteiger partial charge in [0.1, 0.15) is 0 Å². The van der Waals surface area contributed by atoms with Gasteiger partial charge in [-0.05, 0) is 59.3 Å². The summed E-state index contributed by atoms with van der Waals surface area (Å²) < 4.78 is 1.86. The number of rotatable bonds is 4. The summed E-state index contributed by atoms with van der Waals surface area (Å²) in [5, 5.41) is 6.03. The van der Waals surface area contributed by atoms with Gasteiger partial charge < -0.3 is 16.4 Å². The summed E-state index contributed by atoms with van der Waals surface area (Å²) in [5.41, 5.74) is 8.51. The van der Waals surface area contributed by atoms with Crippen LogP contribution >= 0.6 is 31.9 Å². The molecule has 0 saturated carbocycles. The van der Waals surface area contributed by atoms with Crippen molar-refractivity contribution in [3.05, 3.63) is 50.9 Å². The highest BCUT2D eigenvalue weighted by Gasteiger charge is 2.12. The molecule has 6 heteroatoms. The Morgan fingerprint density at radius 3 is 2.57 bits per heavy atom. The second-order valence-corrected chi connectivity index (χ2v) is 6.18. The van der Waals surface area contributed by atoms with Gasteiger partial charge >= 0.3 is 0 Å². The van der Waals surface area contributed by atoms with Gasteiger partial charge in [-0.2, -0.15) is 0 Å². The molecule has 2 aromatic carbocycles. The van der Waals surface area contributed by atoms with Gasteiger partial charge in [0.05, 0.1) is 16.9 Å². The molecule has 0 heterocycles. The van der Waals surface area contributed by atoms with E-state index in [0.29, 0.717) is 23.5 Å². The smallest absolute Gasteiger partial charge is 0.253 e.